The van der Waals surface area contributed by atoms with Crippen LogP contribution in [-0.4, -0.2) is 12.6 Å². The number of benzene rings is 1. The summed E-state index contributed by atoms with van der Waals surface area (Å²) in [6.45, 7) is 3.43. The second-order valence-electron chi connectivity index (χ2n) is 6.36. The Labute approximate surface area is 125 Å². The molecule has 1 atom stereocenters. The highest BCUT2D eigenvalue weighted by molar-refractivity contribution is 5.16. The zero-order chi connectivity index (χ0) is 14.0. The summed E-state index contributed by atoms with van der Waals surface area (Å²) in [5.74, 6) is 0.877. The van der Waals surface area contributed by atoms with Gasteiger partial charge in [-0.1, -0.05) is 69.4 Å². The average Bonchev–Trinajstić information content (AvgIpc) is 2.45. The largest absolute Gasteiger partial charge is 0.313 e. The molecular weight excluding hydrogens is 242 g/mol. The maximum absolute atomic E-state index is 3.84. The third-order valence-electron chi connectivity index (χ3n) is 4.67. The fraction of sp³-hybridized carbons (Fsp3) is 0.684. The number of rotatable bonds is 6. The molecule has 0 heterocycles. The summed E-state index contributed by atoms with van der Waals surface area (Å²) >= 11 is 0. The molecule has 112 valence electrons. The lowest BCUT2D eigenvalue weighted by Crippen LogP contribution is -2.39. The second kappa shape index (κ2) is 9.18. The molecule has 0 saturated heterocycles. The van der Waals surface area contributed by atoms with E-state index in [1.165, 1.54) is 63.4 Å². The monoisotopic (exact) mass is 273 g/mol. The number of hydrogen-bond acceptors (Lipinski definition) is 1. The molecular formula is C19H31N. The van der Waals surface area contributed by atoms with Crippen molar-refractivity contribution in [1.82, 2.24) is 5.32 Å². The third kappa shape index (κ3) is 5.28. The first-order valence-corrected chi connectivity index (χ1v) is 8.67. The van der Waals surface area contributed by atoms with Crippen LogP contribution in [0.15, 0.2) is 30.3 Å². The first kappa shape index (κ1) is 15.6. The van der Waals surface area contributed by atoms with Crippen molar-refractivity contribution in [2.45, 2.75) is 70.8 Å². The molecule has 20 heavy (non-hydrogen) atoms. The van der Waals surface area contributed by atoms with Crippen molar-refractivity contribution in [3.8, 4) is 0 Å². The molecule has 1 unspecified atom stereocenters. The molecule has 1 aromatic carbocycles. The highest BCUT2D eigenvalue weighted by Crippen LogP contribution is 2.26. The second-order valence-corrected chi connectivity index (χ2v) is 6.36. The maximum atomic E-state index is 3.84. The summed E-state index contributed by atoms with van der Waals surface area (Å²) in [7, 11) is 0. The Morgan fingerprint density at radius 1 is 1.00 bits per heavy atom. The Kier molecular flexibility index (Phi) is 7.14. The van der Waals surface area contributed by atoms with Crippen LogP contribution < -0.4 is 5.32 Å². The van der Waals surface area contributed by atoms with Crippen LogP contribution in [0.2, 0.25) is 0 Å². The molecule has 1 aliphatic carbocycles. The lowest BCUT2D eigenvalue weighted by atomic mass is 9.83. The van der Waals surface area contributed by atoms with Gasteiger partial charge in [0.2, 0.25) is 0 Å². The molecule has 1 aromatic rings. The van der Waals surface area contributed by atoms with Crippen LogP contribution in [0.25, 0.3) is 0 Å². The average molecular weight is 273 g/mol. The highest BCUT2D eigenvalue weighted by atomic mass is 14.9. The van der Waals surface area contributed by atoms with Crippen LogP contribution in [-0.2, 0) is 6.42 Å². The highest BCUT2D eigenvalue weighted by Gasteiger charge is 2.21. The van der Waals surface area contributed by atoms with Gasteiger partial charge in [-0.3, -0.25) is 0 Å². The SMILES string of the molecule is CCCNC(Cc1ccccc1)C1CCCCCCC1. The van der Waals surface area contributed by atoms with Crippen molar-refractivity contribution in [2.24, 2.45) is 5.92 Å². The quantitative estimate of drug-likeness (QED) is 0.772. The molecule has 0 aliphatic heterocycles. The summed E-state index contributed by atoms with van der Waals surface area (Å²) in [6.07, 6.45) is 12.5. The van der Waals surface area contributed by atoms with E-state index in [1.54, 1.807) is 0 Å². The van der Waals surface area contributed by atoms with Gasteiger partial charge in [0.15, 0.2) is 0 Å². The van der Waals surface area contributed by atoms with Gasteiger partial charge in [-0.25, -0.2) is 0 Å². The van der Waals surface area contributed by atoms with E-state index < -0.39 is 0 Å². The summed E-state index contributed by atoms with van der Waals surface area (Å²) < 4.78 is 0. The Bertz CT molecular complexity index is 338. The number of hydrogen-bond donors (Lipinski definition) is 1. The van der Waals surface area contributed by atoms with Crippen LogP contribution in [0, 0.1) is 5.92 Å². The van der Waals surface area contributed by atoms with Gasteiger partial charge in [0.1, 0.15) is 0 Å². The van der Waals surface area contributed by atoms with Gasteiger partial charge in [0.05, 0.1) is 0 Å². The van der Waals surface area contributed by atoms with Gasteiger partial charge in [-0.2, -0.15) is 0 Å². The molecule has 0 amide bonds. The molecule has 0 radical (unpaired) electrons. The summed E-state index contributed by atoms with van der Waals surface area (Å²) in [6, 6.07) is 11.7. The molecule has 1 N–H and O–H groups in total. The third-order valence-corrected chi connectivity index (χ3v) is 4.67. The fourth-order valence-electron chi connectivity index (χ4n) is 3.49. The van der Waals surface area contributed by atoms with Crippen molar-refractivity contribution in [2.75, 3.05) is 6.54 Å². The lowest BCUT2D eigenvalue weighted by molar-refractivity contribution is 0.283. The zero-order valence-electron chi connectivity index (χ0n) is 13.1. The molecule has 1 nitrogen and oxygen atoms in total. The van der Waals surface area contributed by atoms with E-state index in [2.05, 4.69) is 42.6 Å². The van der Waals surface area contributed by atoms with Gasteiger partial charge in [0, 0.05) is 6.04 Å². The fourth-order valence-corrected chi connectivity index (χ4v) is 3.49. The maximum Gasteiger partial charge on any atom is 0.0136 e. The van der Waals surface area contributed by atoms with Crippen LogP contribution in [0.4, 0.5) is 0 Å². The summed E-state index contributed by atoms with van der Waals surface area (Å²) in [5, 5.41) is 3.84. The van der Waals surface area contributed by atoms with Crippen LogP contribution >= 0.6 is 0 Å². The van der Waals surface area contributed by atoms with Crippen molar-refractivity contribution in [3.63, 3.8) is 0 Å². The minimum absolute atomic E-state index is 0.676. The minimum Gasteiger partial charge on any atom is -0.313 e. The van der Waals surface area contributed by atoms with E-state index in [-0.39, 0.29) is 0 Å². The molecule has 1 saturated carbocycles. The lowest BCUT2D eigenvalue weighted by Gasteiger charge is -2.30. The van der Waals surface area contributed by atoms with Gasteiger partial charge in [0.25, 0.3) is 0 Å². The Balaban J connectivity index is 1.97. The molecule has 0 spiro atoms. The zero-order valence-corrected chi connectivity index (χ0v) is 13.1. The van der Waals surface area contributed by atoms with E-state index in [4.69, 9.17) is 0 Å². The molecule has 1 fully saturated rings. The number of nitrogens with one attached hydrogen (secondary N) is 1. The van der Waals surface area contributed by atoms with Crippen LogP contribution in [0.3, 0.4) is 0 Å². The van der Waals surface area contributed by atoms with E-state index in [1.807, 2.05) is 0 Å². The summed E-state index contributed by atoms with van der Waals surface area (Å²) in [5.41, 5.74) is 1.49. The molecule has 0 aromatic heterocycles. The Morgan fingerprint density at radius 2 is 1.65 bits per heavy atom. The predicted molar refractivity (Wildman–Crippen MR) is 88.0 cm³/mol. The molecule has 2 rings (SSSR count). The molecule has 1 aliphatic rings. The van der Waals surface area contributed by atoms with Gasteiger partial charge in [-0.05, 0) is 43.7 Å². The molecule has 0 bridgehead atoms. The van der Waals surface area contributed by atoms with Crippen LogP contribution in [0.1, 0.15) is 63.9 Å². The van der Waals surface area contributed by atoms with Gasteiger partial charge >= 0.3 is 0 Å². The van der Waals surface area contributed by atoms with Gasteiger partial charge in [-0.15, -0.1) is 0 Å². The van der Waals surface area contributed by atoms with Crippen molar-refractivity contribution in [3.05, 3.63) is 35.9 Å². The van der Waals surface area contributed by atoms with Gasteiger partial charge < -0.3 is 5.32 Å². The Hall–Kier alpha value is -0.820. The Morgan fingerprint density at radius 3 is 2.30 bits per heavy atom. The predicted octanol–water partition coefficient (Wildman–Crippen LogP) is 4.96. The minimum atomic E-state index is 0.676. The van der Waals surface area contributed by atoms with E-state index in [0.29, 0.717) is 6.04 Å². The first-order valence-electron chi connectivity index (χ1n) is 8.67. The van der Waals surface area contributed by atoms with Crippen molar-refractivity contribution >= 4 is 0 Å². The van der Waals surface area contributed by atoms with Crippen LogP contribution in [0.5, 0.6) is 0 Å². The van der Waals surface area contributed by atoms with E-state index in [9.17, 15) is 0 Å². The van der Waals surface area contributed by atoms with Crippen molar-refractivity contribution in [1.29, 1.82) is 0 Å². The smallest absolute Gasteiger partial charge is 0.0136 e. The first-order chi connectivity index (χ1) is 9.90. The van der Waals surface area contributed by atoms with Crippen molar-refractivity contribution < 1.29 is 0 Å². The van der Waals surface area contributed by atoms with E-state index in [0.717, 1.165) is 12.5 Å². The van der Waals surface area contributed by atoms with E-state index >= 15 is 0 Å². The standard InChI is InChI=1S/C19H31N/c1-2-15-20-19(16-17-11-7-6-8-12-17)18-13-9-4-3-5-10-14-18/h6-8,11-12,18-20H,2-5,9-10,13-16H2,1H3. The normalized spacial score (nSPS) is 19.2. The molecule has 1 heteroatoms. The summed E-state index contributed by atoms with van der Waals surface area (Å²) in [4.78, 5) is 0. The topological polar surface area (TPSA) is 12.0 Å².